The molecule has 1 heterocycles. The van der Waals surface area contributed by atoms with Gasteiger partial charge in [-0.3, -0.25) is 0 Å². The summed E-state index contributed by atoms with van der Waals surface area (Å²) in [5, 5.41) is 0. The van der Waals surface area contributed by atoms with Crippen molar-refractivity contribution in [3.05, 3.63) is 0 Å². The Balaban J connectivity index is 2.44. The summed E-state index contributed by atoms with van der Waals surface area (Å²) in [6.07, 6.45) is 2.78. The minimum absolute atomic E-state index is 0.867. The normalized spacial score (nSPS) is 28.2. The molecular formula is C11H23N. The van der Waals surface area contributed by atoms with Gasteiger partial charge in [-0.15, -0.1) is 0 Å². The molecule has 0 aliphatic carbocycles. The number of likely N-dealkylation sites (tertiary alicyclic amines) is 1. The molecule has 0 radical (unpaired) electrons. The summed E-state index contributed by atoms with van der Waals surface area (Å²) < 4.78 is 0. The van der Waals surface area contributed by atoms with Crippen molar-refractivity contribution in [2.45, 2.75) is 33.6 Å². The van der Waals surface area contributed by atoms with E-state index in [1.807, 2.05) is 0 Å². The zero-order chi connectivity index (χ0) is 9.14. The zero-order valence-corrected chi connectivity index (χ0v) is 9.01. The smallest absolute Gasteiger partial charge is 0.000983 e. The van der Waals surface area contributed by atoms with Crippen LogP contribution in [0.25, 0.3) is 0 Å². The Hall–Kier alpha value is -0.0400. The van der Waals surface area contributed by atoms with Crippen LogP contribution in [0.1, 0.15) is 33.6 Å². The van der Waals surface area contributed by atoms with E-state index in [1.54, 1.807) is 0 Å². The van der Waals surface area contributed by atoms with E-state index in [0.29, 0.717) is 0 Å². The summed E-state index contributed by atoms with van der Waals surface area (Å²) in [5.41, 5.74) is 0. The van der Waals surface area contributed by atoms with Crippen LogP contribution in [0.3, 0.4) is 0 Å². The van der Waals surface area contributed by atoms with E-state index in [-0.39, 0.29) is 0 Å². The van der Waals surface area contributed by atoms with E-state index in [4.69, 9.17) is 0 Å². The van der Waals surface area contributed by atoms with Gasteiger partial charge >= 0.3 is 0 Å². The van der Waals surface area contributed by atoms with Crippen LogP contribution in [0.5, 0.6) is 0 Å². The fourth-order valence-corrected chi connectivity index (χ4v) is 2.67. The van der Waals surface area contributed by atoms with Crippen molar-refractivity contribution >= 4 is 0 Å². The molecule has 0 spiro atoms. The van der Waals surface area contributed by atoms with E-state index in [1.165, 1.54) is 25.9 Å². The van der Waals surface area contributed by atoms with Crippen molar-refractivity contribution in [3.8, 4) is 0 Å². The van der Waals surface area contributed by atoms with Gasteiger partial charge in [0.2, 0.25) is 0 Å². The third-order valence-corrected chi connectivity index (χ3v) is 3.36. The lowest BCUT2D eigenvalue weighted by molar-refractivity contribution is 0.245. The average molecular weight is 169 g/mol. The summed E-state index contributed by atoms with van der Waals surface area (Å²) in [5.74, 6) is 2.79. The second-order valence-electron chi connectivity index (χ2n) is 4.63. The zero-order valence-electron chi connectivity index (χ0n) is 9.01. The summed E-state index contributed by atoms with van der Waals surface area (Å²) in [6, 6.07) is 0. The third kappa shape index (κ3) is 2.22. The van der Waals surface area contributed by atoms with Crippen LogP contribution in [-0.2, 0) is 0 Å². The molecule has 1 fully saturated rings. The maximum Gasteiger partial charge on any atom is 0.000983 e. The molecule has 0 bridgehead atoms. The van der Waals surface area contributed by atoms with Crippen molar-refractivity contribution in [1.29, 1.82) is 0 Å². The molecule has 2 unspecified atom stereocenters. The molecule has 1 aliphatic rings. The van der Waals surface area contributed by atoms with Crippen LogP contribution in [0.15, 0.2) is 0 Å². The maximum absolute atomic E-state index is 2.47. The Bertz CT molecular complexity index is 131. The minimum Gasteiger partial charge on any atom is -0.306 e. The van der Waals surface area contributed by atoms with E-state index in [9.17, 15) is 0 Å². The lowest BCUT2D eigenvalue weighted by Gasteiger charge is -2.25. The predicted molar refractivity (Wildman–Crippen MR) is 54.2 cm³/mol. The van der Waals surface area contributed by atoms with Gasteiger partial charge in [0, 0.05) is 6.54 Å². The molecular weight excluding hydrogens is 146 g/mol. The first kappa shape index (κ1) is 10.0. The highest BCUT2D eigenvalue weighted by Gasteiger charge is 2.28. The van der Waals surface area contributed by atoms with Gasteiger partial charge in [-0.05, 0) is 37.8 Å². The molecule has 0 aromatic carbocycles. The van der Waals surface area contributed by atoms with Crippen LogP contribution < -0.4 is 0 Å². The molecule has 72 valence electrons. The van der Waals surface area contributed by atoms with Crippen molar-refractivity contribution < 1.29 is 0 Å². The quantitative estimate of drug-likeness (QED) is 0.628. The Kier molecular flexibility index (Phi) is 3.57. The van der Waals surface area contributed by atoms with Gasteiger partial charge in [0.15, 0.2) is 0 Å². The second kappa shape index (κ2) is 4.27. The van der Waals surface area contributed by atoms with Crippen LogP contribution in [-0.4, -0.2) is 25.0 Å². The highest BCUT2D eigenvalue weighted by atomic mass is 15.1. The molecule has 1 heteroatoms. The molecule has 1 saturated heterocycles. The first-order valence-electron chi connectivity index (χ1n) is 5.33. The van der Waals surface area contributed by atoms with Crippen LogP contribution in [0.4, 0.5) is 0 Å². The van der Waals surface area contributed by atoms with E-state index >= 15 is 0 Å². The van der Waals surface area contributed by atoms with E-state index < -0.39 is 0 Å². The number of rotatable bonds is 3. The lowest BCUT2D eigenvalue weighted by Crippen LogP contribution is -2.22. The molecule has 12 heavy (non-hydrogen) atoms. The van der Waals surface area contributed by atoms with Gasteiger partial charge in [-0.2, -0.15) is 0 Å². The molecule has 2 atom stereocenters. The summed E-state index contributed by atoms with van der Waals surface area (Å²) >= 11 is 0. The van der Waals surface area contributed by atoms with Gasteiger partial charge in [-0.1, -0.05) is 27.2 Å². The molecule has 1 aliphatic heterocycles. The fourth-order valence-electron chi connectivity index (χ4n) is 2.67. The van der Waals surface area contributed by atoms with Gasteiger partial charge < -0.3 is 4.90 Å². The van der Waals surface area contributed by atoms with Gasteiger partial charge in [-0.25, -0.2) is 0 Å². The molecule has 1 rings (SSSR count). The molecule has 0 N–H and O–H groups in total. The SMILES string of the molecule is CCC(C(C)C)C1CCN(C)C1. The first-order valence-corrected chi connectivity index (χ1v) is 5.33. The summed E-state index contributed by atoms with van der Waals surface area (Å²) in [7, 11) is 2.24. The highest BCUT2D eigenvalue weighted by molar-refractivity contribution is 4.80. The Morgan fingerprint density at radius 3 is 2.42 bits per heavy atom. The van der Waals surface area contributed by atoms with Crippen molar-refractivity contribution in [1.82, 2.24) is 4.90 Å². The highest BCUT2D eigenvalue weighted by Crippen LogP contribution is 2.30. The van der Waals surface area contributed by atoms with Gasteiger partial charge in [0.25, 0.3) is 0 Å². The van der Waals surface area contributed by atoms with Crippen molar-refractivity contribution in [2.24, 2.45) is 17.8 Å². The van der Waals surface area contributed by atoms with Gasteiger partial charge in [0.05, 0.1) is 0 Å². The first-order chi connectivity index (χ1) is 5.65. The number of hydrogen-bond acceptors (Lipinski definition) is 1. The van der Waals surface area contributed by atoms with Crippen LogP contribution >= 0.6 is 0 Å². The van der Waals surface area contributed by atoms with E-state index in [2.05, 4.69) is 32.7 Å². The monoisotopic (exact) mass is 169 g/mol. The van der Waals surface area contributed by atoms with Crippen LogP contribution in [0, 0.1) is 17.8 Å². The average Bonchev–Trinajstić information content (AvgIpc) is 2.37. The van der Waals surface area contributed by atoms with Crippen LogP contribution in [0.2, 0.25) is 0 Å². The fraction of sp³-hybridized carbons (Fsp3) is 1.00. The van der Waals surface area contributed by atoms with Gasteiger partial charge in [0.1, 0.15) is 0 Å². The maximum atomic E-state index is 2.47. The summed E-state index contributed by atoms with van der Waals surface area (Å²) in [6.45, 7) is 9.71. The molecule has 0 amide bonds. The Morgan fingerprint density at radius 1 is 1.42 bits per heavy atom. The number of nitrogens with zero attached hydrogens (tertiary/aromatic N) is 1. The van der Waals surface area contributed by atoms with E-state index in [0.717, 1.165) is 17.8 Å². The topological polar surface area (TPSA) is 3.24 Å². The molecule has 1 nitrogen and oxygen atoms in total. The minimum atomic E-state index is 0.867. The Labute approximate surface area is 77.1 Å². The van der Waals surface area contributed by atoms with Crippen molar-refractivity contribution in [2.75, 3.05) is 20.1 Å². The largest absolute Gasteiger partial charge is 0.306 e. The Morgan fingerprint density at radius 2 is 2.08 bits per heavy atom. The summed E-state index contributed by atoms with van der Waals surface area (Å²) in [4.78, 5) is 2.47. The molecule has 0 aromatic rings. The molecule has 0 aromatic heterocycles. The van der Waals surface area contributed by atoms with Crippen molar-refractivity contribution in [3.63, 3.8) is 0 Å². The third-order valence-electron chi connectivity index (χ3n) is 3.36. The predicted octanol–water partition coefficient (Wildman–Crippen LogP) is 2.62. The molecule has 0 saturated carbocycles. The number of hydrogen-bond donors (Lipinski definition) is 0. The second-order valence-corrected chi connectivity index (χ2v) is 4.63. The lowest BCUT2D eigenvalue weighted by atomic mass is 9.81. The standard InChI is InChI=1S/C11H23N/c1-5-11(9(2)3)10-6-7-12(4)8-10/h9-11H,5-8H2,1-4H3.